The summed E-state index contributed by atoms with van der Waals surface area (Å²) in [5.74, 6) is -9.87. The predicted molar refractivity (Wildman–Crippen MR) is 353 cm³/mol. The molecular weight excluding hydrogens is 1160 g/mol. The summed E-state index contributed by atoms with van der Waals surface area (Å²) in [6, 6.07) is -3.65. The van der Waals surface area contributed by atoms with E-state index in [0.717, 1.165) is 9.80 Å². The van der Waals surface area contributed by atoms with Gasteiger partial charge in [-0.3, -0.25) is 52.7 Å². The number of allylic oxidation sites excluding steroid dienone is 2. The van der Waals surface area contributed by atoms with Gasteiger partial charge in [-0.15, -0.1) is 0 Å². The summed E-state index contributed by atoms with van der Waals surface area (Å²) in [6.45, 7) is 28.0. The van der Waals surface area contributed by atoms with Crippen LogP contribution in [0.25, 0.3) is 0 Å². The molecule has 1 aliphatic heterocycles. The fraction of sp³-hybridized carbons (Fsp3) is 0.721. The Labute approximate surface area is 543 Å². The van der Waals surface area contributed by atoms with E-state index in [9.17, 15) is 38.7 Å². The van der Waals surface area contributed by atoms with Crippen molar-refractivity contribution < 1.29 is 57.8 Å². The number of carbonyl (C=O) groups is 11. The SMILES string of the molecule is C/C=C/C[C@@H](C)[C@@H](O)[C@H]1C(=O)N[C@@H](CC)C(=O)N(C)CC(=O)N(C)[C@@H](CC(C)C)C(=O)N[C@@H](C(C)C)C(=O)N(C)[C@@H](CC(C)C)C(=O)N[C@@H](C)C(=O)N[C@H](Cc2ccccc2)C(=O)N(C)[C@@H](CC(C)C)C(=O)N(C)[C@@H](CC(C)C)C(=O)N(C)[C@@H](C(C)C)C(=O)N1C. The molecule has 23 heteroatoms. The maximum Gasteiger partial charge on any atom is 0.246 e. The van der Waals surface area contributed by atoms with Crippen molar-refractivity contribution in [1.82, 2.24) is 55.6 Å². The highest BCUT2D eigenvalue weighted by Gasteiger charge is 2.46. The summed E-state index contributed by atoms with van der Waals surface area (Å²) in [5.41, 5.74) is 0.675. The van der Waals surface area contributed by atoms with Gasteiger partial charge in [0, 0.05) is 55.8 Å². The molecule has 0 bridgehead atoms. The Morgan fingerprint density at radius 2 is 0.923 bits per heavy atom. The zero-order chi connectivity index (χ0) is 69.8. The van der Waals surface area contributed by atoms with Crippen LogP contribution < -0.4 is 21.3 Å². The third kappa shape index (κ3) is 22.7. The van der Waals surface area contributed by atoms with Gasteiger partial charge in [0.05, 0.1) is 12.6 Å². The van der Waals surface area contributed by atoms with Crippen LogP contribution in [0.1, 0.15) is 155 Å². The number of aliphatic hydroxyl groups excluding tert-OH is 1. The van der Waals surface area contributed by atoms with Gasteiger partial charge in [0.2, 0.25) is 65.0 Å². The van der Waals surface area contributed by atoms with E-state index in [4.69, 9.17) is 0 Å². The van der Waals surface area contributed by atoms with Crippen molar-refractivity contribution in [1.29, 1.82) is 0 Å². The first-order valence-electron chi connectivity index (χ1n) is 32.7. The molecule has 91 heavy (non-hydrogen) atoms. The van der Waals surface area contributed by atoms with E-state index in [1.54, 1.807) is 84.9 Å². The topological polar surface area (TPSA) is 279 Å². The van der Waals surface area contributed by atoms with Gasteiger partial charge in [-0.2, -0.15) is 0 Å². The maximum atomic E-state index is 15.3. The molecule has 12 atom stereocenters. The third-order valence-corrected chi connectivity index (χ3v) is 17.2. The van der Waals surface area contributed by atoms with E-state index in [1.807, 2.05) is 61.5 Å². The molecule has 0 unspecified atom stereocenters. The summed E-state index contributed by atoms with van der Waals surface area (Å²) in [6.07, 6.45) is 2.95. The van der Waals surface area contributed by atoms with E-state index < -0.39 is 156 Å². The standard InChI is InChI=1S/C68H115N11O12/c1-24-26-30-45(15)58(81)57-62(85)70-48(25-2)63(86)73(17)38-54(80)74(18)50(33-39(3)4)61(84)72-55(43(11)12)67(90)75(19)51(34-40(5)6)60(83)69-46(16)59(82)71-49(37-47-31-28-27-29-32-47)64(87)76(20)52(35-41(7)8)65(88)77(21)53(36-42(9)10)66(89)78(22)56(44(13)14)68(91)79(57)23/h24,26-29,31-32,39-46,48-53,55-58,81H,25,30,33-38H2,1-23H3,(H,69,83)(H,70,85)(H,71,82)(H,72,84)/b26-24+/t45-,46+,48+,49-,50+,51+,52+,53+,55+,56+,57+,58-/m1/s1. The van der Waals surface area contributed by atoms with Crippen molar-refractivity contribution in [2.75, 3.05) is 55.9 Å². The van der Waals surface area contributed by atoms with E-state index in [0.29, 0.717) is 12.0 Å². The summed E-state index contributed by atoms with van der Waals surface area (Å²) in [7, 11) is 9.98. The van der Waals surface area contributed by atoms with Crippen molar-refractivity contribution in [2.45, 2.75) is 222 Å². The van der Waals surface area contributed by atoms with Crippen molar-refractivity contribution in [2.24, 2.45) is 41.4 Å². The Hall–Kier alpha value is -6.91. The first-order chi connectivity index (χ1) is 42.3. The van der Waals surface area contributed by atoms with Gasteiger partial charge in [0.15, 0.2) is 0 Å². The molecule has 0 radical (unpaired) electrons. The number of likely N-dealkylation sites (N-methyl/N-ethyl adjacent to an activating group) is 7. The van der Waals surface area contributed by atoms with Crippen LogP contribution in [0.3, 0.4) is 0 Å². The smallest absolute Gasteiger partial charge is 0.246 e. The molecule has 1 saturated heterocycles. The third-order valence-electron chi connectivity index (χ3n) is 17.2. The van der Waals surface area contributed by atoms with E-state index >= 15 is 19.2 Å². The monoisotopic (exact) mass is 1280 g/mol. The second-order valence-corrected chi connectivity index (χ2v) is 27.6. The fourth-order valence-electron chi connectivity index (χ4n) is 11.6. The number of amides is 11. The normalized spacial score (nSPS) is 25.9. The highest BCUT2D eigenvalue weighted by Crippen LogP contribution is 2.26. The molecule has 23 nitrogen and oxygen atoms in total. The molecule has 2 rings (SSSR count). The maximum absolute atomic E-state index is 15.3. The Morgan fingerprint density at radius 1 is 0.484 bits per heavy atom. The Morgan fingerprint density at radius 3 is 1.40 bits per heavy atom. The summed E-state index contributed by atoms with van der Waals surface area (Å²) in [4.78, 5) is 172. The first-order valence-corrected chi connectivity index (χ1v) is 32.7. The van der Waals surface area contributed by atoms with E-state index in [2.05, 4.69) is 21.3 Å². The van der Waals surface area contributed by atoms with Gasteiger partial charge in [-0.25, -0.2) is 0 Å². The zero-order valence-corrected chi connectivity index (χ0v) is 59.2. The van der Waals surface area contributed by atoms with Crippen LogP contribution in [0, 0.1) is 41.4 Å². The van der Waals surface area contributed by atoms with Crippen molar-refractivity contribution >= 4 is 65.0 Å². The van der Waals surface area contributed by atoms with Crippen LogP contribution in [0.2, 0.25) is 0 Å². The zero-order valence-electron chi connectivity index (χ0n) is 59.2. The second kappa shape index (κ2) is 37.0. The van der Waals surface area contributed by atoms with Crippen LogP contribution in [-0.2, 0) is 59.2 Å². The number of nitrogens with one attached hydrogen (secondary N) is 4. The van der Waals surface area contributed by atoms with E-state index in [1.165, 1.54) is 80.8 Å². The second-order valence-electron chi connectivity index (χ2n) is 27.6. The molecule has 1 aromatic carbocycles. The van der Waals surface area contributed by atoms with Crippen LogP contribution in [0.4, 0.5) is 0 Å². The number of carbonyl (C=O) groups excluding carboxylic acids is 11. The van der Waals surface area contributed by atoms with Crippen molar-refractivity contribution in [3.63, 3.8) is 0 Å². The molecule has 0 spiro atoms. The van der Waals surface area contributed by atoms with Gasteiger partial charge in [0.25, 0.3) is 0 Å². The minimum Gasteiger partial charge on any atom is -0.390 e. The molecule has 11 amide bonds. The minimum absolute atomic E-state index is 0.0182. The molecule has 1 aromatic rings. The highest BCUT2D eigenvalue weighted by atomic mass is 16.3. The van der Waals surface area contributed by atoms with Gasteiger partial charge >= 0.3 is 0 Å². The molecule has 0 aromatic heterocycles. The lowest BCUT2D eigenvalue weighted by atomic mass is 9.91. The summed E-state index contributed by atoms with van der Waals surface area (Å²) in [5, 5.41) is 23.4. The van der Waals surface area contributed by atoms with Crippen LogP contribution >= 0.6 is 0 Å². The fourth-order valence-corrected chi connectivity index (χ4v) is 11.6. The van der Waals surface area contributed by atoms with E-state index in [-0.39, 0.29) is 62.2 Å². The summed E-state index contributed by atoms with van der Waals surface area (Å²) >= 11 is 0. The van der Waals surface area contributed by atoms with Crippen LogP contribution in [0.15, 0.2) is 42.5 Å². The molecule has 1 aliphatic rings. The van der Waals surface area contributed by atoms with Gasteiger partial charge in [-0.1, -0.05) is 139 Å². The molecule has 1 heterocycles. The number of benzene rings is 1. The first kappa shape index (κ1) is 80.2. The largest absolute Gasteiger partial charge is 0.390 e. The number of hydrogen-bond acceptors (Lipinski definition) is 12. The van der Waals surface area contributed by atoms with Crippen molar-refractivity contribution in [3.05, 3.63) is 48.0 Å². The number of aliphatic hydroxyl groups is 1. The Balaban J connectivity index is 3.08. The van der Waals surface area contributed by atoms with Gasteiger partial charge < -0.3 is 60.7 Å². The lowest BCUT2D eigenvalue weighted by molar-refractivity contribution is -0.157. The lowest BCUT2D eigenvalue weighted by Gasteiger charge is -2.41. The molecular formula is C68H115N11O12. The number of nitrogens with zero attached hydrogens (tertiary/aromatic N) is 7. The molecule has 5 N–H and O–H groups in total. The average molecular weight is 1280 g/mol. The lowest BCUT2D eigenvalue weighted by Crippen LogP contribution is -2.63. The minimum atomic E-state index is -1.62. The number of hydrogen-bond donors (Lipinski definition) is 5. The van der Waals surface area contributed by atoms with Gasteiger partial charge in [0.1, 0.15) is 60.4 Å². The number of rotatable bonds is 17. The molecule has 514 valence electrons. The Bertz CT molecular complexity index is 2650. The highest BCUT2D eigenvalue weighted by molar-refractivity contribution is 5.99. The van der Waals surface area contributed by atoms with Gasteiger partial charge in [-0.05, 0) is 99.4 Å². The quantitative estimate of drug-likeness (QED) is 0.135. The van der Waals surface area contributed by atoms with Crippen LogP contribution in [0.5, 0.6) is 0 Å². The average Bonchev–Trinajstić information content (AvgIpc) is 1.52. The molecule has 1 fully saturated rings. The molecule has 0 aliphatic carbocycles. The Kier molecular flexibility index (Phi) is 32.6. The molecule has 0 saturated carbocycles. The van der Waals surface area contributed by atoms with Crippen molar-refractivity contribution in [3.8, 4) is 0 Å². The summed E-state index contributed by atoms with van der Waals surface area (Å²) < 4.78 is 0. The predicted octanol–water partition coefficient (Wildman–Crippen LogP) is 4.49. The van der Waals surface area contributed by atoms with Crippen LogP contribution in [-0.4, -0.2) is 227 Å².